The standard InChI is InChI=1S/C14H13BrN2O3S/c1-9-6-10(8-11(7-9)21(16,19)20)14(18)17-13-5-3-2-4-12(13)15/h2-8H,1H3,(H,17,18)(H2,16,19,20). The summed E-state index contributed by atoms with van der Waals surface area (Å²) in [5.74, 6) is -0.407. The van der Waals surface area contributed by atoms with Crippen LogP contribution in [0.25, 0.3) is 0 Å². The second-order valence-electron chi connectivity index (χ2n) is 4.51. The molecule has 3 N–H and O–H groups in total. The zero-order valence-corrected chi connectivity index (χ0v) is 13.5. The van der Waals surface area contributed by atoms with E-state index in [0.29, 0.717) is 11.3 Å². The van der Waals surface area contributed by atoms with Crippen molar-refractivity contribution in [3.8, 4) is 0 Å². The first-order valence-corrected chi connectivity index (χ1v) is 8.31. The van der Waals surface area contributed by atoms with Gasteiger partial charge in [0.15, 0.2) is 0 Å². The number of hydrogen-bond acceptors (Lipinski definition) is 3. The number of benzene rings is 2. The summed E-state index contributed by atoms with van der Waals surface area (Å²) in [6, 6.07) is 11.4. The molecule has 0 aliphatic heterocycles. The molecule has 0 heterocycles. The van der Waals surface area contributed by atoms with E-state index in [1.165, 1.54) is 12.1 Å². The van der Waals surface area contributed by atoms with Gasteiger partial charge in [-0.15, -0.1) is 0 Å². The van der Waals surface area contributed by atoms with Gasteiger partial charge >= 0.3 is 0 Å². The number of nitrogens with one attached hydrogen (secondary N) is 1. The van der Waals surface area contributed by atoms with Crippen molar-refractivity contribution < 1.29 is 13.2 Å². The summed E-state index contributed by atoms with van der Waals surface area (Å²) in [6.07, 6.45) is 0. The molecule has 0 atom stereocenters. The van der Waals surface area contributed by atoms with Gasteiger partial charge in [0.05, 0.1) is 10.6 Å². The van der Waals surface area contributed by atoms with Crippen molar-refractivity contribution in [1.29, 1.82) is 0 Å². The predicted octanol–water partition coefficient (Wildman–Crippen LogP) is 2.66. The van der Waals surface area contributed by atoms with E-state index in [0.717, 1.165) is 4.47 Å². The van der Waals surface area contributed by atoms with E-state index in [9.17, 15) is 13.2 Å². The van der Waals surface area contributed by atoms with Gasteiger partial charge in [-0.25, -0.2) is 13.6 Å². The number of hydrogen-bond donors (Lipinski definition) is 2. The maximum atomic E-state index is 12.2. The lowest BCUT2D eigenvalue weighted by Crippen LogP contribution is -2.16. The first-order valence-electron chi connectivity index (χ1n) is 5.98. The van der Waals surface area contributed by atoms with Crippen LogP contribution in [0.15, 0.2) is 51.8 Å². The maximum Gasteiger partial charge on any atom is 0.255 e. The Balaban J connectivity index is 2.36. The zero-order chi connectivity index (χ0) is 15.6. The second-order valence-corrected chi connectivity index (χ2v) is 6.93. The molecule has 0 aliphatic rings. The molecule has 2 aromatic rings. The van der Waals surface area contributed by atoms with Gasteiger partial charge < -0.3 is 5.32 Å². The molecule has 2 aromatic carbocycles. The fourth-order valence-corrected chi connectivity index (χ4v) is 2.83. The average Bonchev–Trinajstić information content (AvgIpc) is 2.39. The summed E-state index contributed by atoms with van der Waals surface area (Å²) in [4.78, 5) is 12.1. The minimum atomic E-state index is -3.85. The molecule has 0 aliphatic carbocycles. The molecule has 0 spiro atoms. The molecular formula is C14H13BrN2O3S. The van der Waals surface area contributed by atoms with E-state index in [1.807, 2.05) is 6.07 Å². The Morgan fingerprint density at radius 1 is 1.19 bits per heavy atom. The number of para-hydroxylation sites is 1. The summed E-state index contributed by atoms with van der Waals surface area (Å²) in [7, 11) is -3.85. The minimum Gasteiger partial charge on any atom is -0.321 e. The van der Waals surface area contributed by atoms with Crippen molar-refractivity contribution in [2.75, 3.05) is 5.32 Å². The smallest absolute Gasteiger partial charge is 0.255 e. The van der Waals surface area contributed by atoms with E-state index in [4.69, 9.17) is 5.14 Å². The Kier molecular flexibility index (Phi) is 4.46. The minimum absolute atomic E-state index is 0.0835. The topological polar surface area (TPSA) is 89.3 Å². The summed E-state index contributed by atoms with van der Waals surface area (Å²) in [5.41, 5.74) is 1.47. The highest BCUT2D eigenvalue weighted by Crippen LogP contribution is 2.22. The Morgan fingerprint density at radius 2 is 1.86 bits per heavy atom. The van der Waals surface area contributed by atoms with E-state index in [1.54, 1.807) is 31.2 Å². The number of anilines is 1. The molecule has 0 fully saturated rings. The van der Waals surface area contributed by atoms with Crippen LogP contribution in [-0.4, -0.2) is 14.3 Å². The predicted molar refractivity (Wildman–Crippen MR) is 84.6 cm³/mol. The van der Waals surface area contributed by atoms with E-state index < -0.39 is 15.9 Å². The lowest BCUT2D eigenvalue weighted by Gasteiger charge is -2.09. The molecular weight excluding hydrogens is 356 g/mol. The molecule has 0 saturated heterocycles. The summed E-state index contributed by atoms with van der Waals surface area (Å²) < 4.78 is 23.6. The molecule has 0 aromatic heterocycles. The molecule has 21 heavy (non-hydrogen) atoms. The van der Waals surface area contributed by atoms with Crippen LogP contribution in [0.1, 0.15) is 15.9 Å². The van der Waals surface area contributed by atoms with Crippen molar-refractivity contribution in [2.24, 2.45) is 5.14 Å². The van der Waals surface area contributed by atoms with Crippen LogP contribution < -0.4 is 10.5 Å². The third kappa shape index (κ3) is 3.90. The monoisotopic (exact) mass is 368 g/mol. The van der Waals surface area contributed by atoms with E-state index >= 15 is 0 Å². The van der Waals surface area contributed by atoms with Gasteiger partial charge in [-0.05, 0) is 58.7 Å². The van der Waals surface area contributed by atoms with Gasteiger partial charge in [-0.2, -0.15) is 0 Å². The molecule has 0 unspecified atom stereocenters. The van der Waals surface area contributed by atoms with Crippen molar-refractivity contribution in [3.63, 3.8) is 0 Å². The van der Waals surface area contributed by atoms with Crippen LogP contribution in [0.3, 0.4) is 0 Å². The molecule has 1 amide bonds. The van der Waals surface area contributed by atoms with Gasteiger partial charge in [0.1, 0.15) is 0 Å². The first kappa shape index (κ1) is 15.7. The first-order chi connectivity index (χ1) is 9.77. The number of amides is 1. The SMILES string of the molecule is Cc1cc(C(=O)Nc2ccccc2Br)cc(S(N)(=O)=O)c1. The number of rotatable bonds is 3. The fraction of sp³-hybridized carbons (Fsp3) is 0.0714. The van der Waals surface area contributed by atoms with Crippen LogP contribution in [0, 0.1) is 6.92 Å². The van der Waals surface area contributed by atoms with Gasteiger partial charge in [0, 0.05) is 10.0 Å². The third-order valence-corrected chi connectivity index (χ3v) is 4.35. The van der Waals surface area contributed by atoms with Crippen molar-refractivity contribution in [3.05, 3.63) is 58.1 Å². The van der Waals surface area contributed by atoms with Gasteiger partial charge in [0.25, 0.3) is 5.91 Å². The molecule has 0 bridgehead atoms. The van der Waals surface area contributed by atoms with Crippen LogP contribution in [0.5, 0.6) is 0 Å². The van der Waals surface area contributed by atoms with E-state index in [2.05, 4.69) is 21.2 Å². The van der Waals surface area contributed by atoms with E-state index in [-0.39, 0.29) is 10.5 Å². The quantitative estimate of drug-likeness (QED) is 0.872. The molecule has 0 saturated carbocycles. The van der Waals surface area contributed by atoms with Gasteiger partial charge in [-0.3, -0.25) is 4.79 Å². The van der Waals surface area contributed by atoms with Crippen LogP contribution in [0.4, 0.5) is 5.69 Å². The normalized spacial score (nSPS) is 11.2. The largest absolute Gasteiger partial charge is 0.321 e. The molecule has 110 valence electrons. The average molecular weight is 369 g/mol. The summed E-state index contributed by atoms with van der Waals surface area (Å²) in [5, 5.41) is 7.82. The second kappa shape index (κ2) is 5.97. The van der Waals surface area contributed by atoms with Gasteiger partial charge in [0.2, 0.25) is 10.0 Å². The van der Waals surface area contributed by atoms with Crippen LogP contribution >= 0.6 is 15.9 Å². The van der Waals surface area contributed by atoms with Crippen molar-refractivity contribution in [2.45, 2.75) is 11.8 Å². The Hall–Kier alpha value is -1.70. The Labute approximate surface area is 131 Å². The third-order valence-electron chi connectivity index (χ3n) is 2.76. The highest BCUT2D eigenvalue weighted by molar-refractivity contribution is 9.10. The molecule has 0 radical (unpaired) electrons. The van der Waals surface area contributed by atoms with Crippen LogP contribution in [-0.2, 0) is 10.0 Å². The number of aryl methyl sites for hydroxylation is 1. The Morgan fingerprint density at radius 3 is 2.48 bits per heavy atom. The van der Waals surface area contributed by atoms with Crippen LogP contribution in [0.2, 0.25) is 0 Å². The Bertz CT molecular complexity index is 804. The zero-order valence-electron chi connectivity index (χ0n) is 11.1. The lowest BCUT2D eigenvalue weighted by atomic mass is 10.1. The number of nitrogens with two attached hydrogens (primary N) is 1. The number of carbonyl (C=O) groups is 1. The lowest BCUT2D eigenvalue weighted by molar-refractivity contribution is 0.102. The maximum absolute atomic E-state index is 12.2. The number of sulfonamides is 1. The summed E-state index contributed by atoms with van der Waals surface area (Å²) in [6.45, 7) is 1.70. The van der Waals surface area contributed by atoms with Crippen molar-refractivity contribution >= 4 is 37.5 Å². The molecule has 7 heteroatoms. The fourth-order valence-electron chi connectivity index (χ4n) is 1.80. The number of carbonyl (C=O) groups excluding carboxylic acids is 1. The highest BCUT2D eigenvalue weighted by atomic mass is 79.9. The number of primary sulfonamides is 1. The van der Waals surface area contributed by atoms with Gasteiger partial charge in [-0.1, -0.05) is 12.1 Å². The number of halogens is 1. The molecule has 5 nitrogen and oxygen atoms in total. The highest BCUT2D eigenvalue weighted by Gasteiger charge is 2.14. The summed E-state index contributed by atoms with van der Waals surface area (Å²) >= 11 is 3.33. The molecule has 2 rings (SSSR count). The van der Waals surface area contributed by atoms with Crippen molar-refractivity contribution in [1.82, 2.24) is 0 Å².